The Bertz CT molecular complexity index is 1060. The van der Waals surface area contributed by atoms with E-state index in [9.17, 15) is 9.18 Å². The van der Waals surface area contributed by atoms with Crippen LogP contribution in [0.15, 0.2) is 30.6 Å². The van der Waals surface area contributed by atoms with E-state index in [-0.39, 0.29) is 29.3 Å². The zero-order valence-electron chi connectivity index (χ0n) is 16.2. The molecule has 1 aliphatic carbocycles. The molecule has 0 spiro atoms. The summed E-state index contributed by atoms with van der Waals surface area (Å²) in [6, 6.07) is 4.77. The van der Waals surface area contributed by atoms with Crippen molar-refractivity contribution in [2.75, 3.05) is 10.6 Å². The standard InChI is InChI=1S/C20H24FN7O/c1-28-7-6-11-8-12(10-24-20(11)28)25-18-13(17(23)29)9-14(21)19(27-18)26-16-5-3-2-4-15(16)22/h6-10,15-16H,2-5,22H2,1H3,(H2,23,29)(H2,25,26,27). The Labute approximate surface area is 167 Å². The molecule has 6 N–H and O–H groups in total. The number of amides is 1. The van der Waals surface area contributed by atoms with Crippen molar-refractivity contribution in [2.24, 2.45) is 18.5 Å². The lowest BCUT2D eigenvalue weighted by atomic mass is 9.91. The van der Waals surface area contributed by atoms with Crippen molar-refractivity contribution in [2.45, 2.75) is 37.8 Å². The van der Waals surface area contributed by atoms with Gasteiger partial charge in [0.1, 0.15) is 11.5 Å². The van der Waals surface area contributed by atoms with Gasteiger partial charge in [-0.15, -0.1) is 0 Å². The van der Waals surface area contributed by atoms with Crippen molar-refractivity contribution in [1.29, 1.82) is 0 Å². The van der Waals surface area contributed by atoms with Gasteiger partial charge in [0.05, 0.1) is 17.4 Å². The largest absolute Gasteiger partial charge is 0.365 e. The number of nitrogens with two attached hydrogens (primary N) is 2. The SMILES string of the molecule is Cn1ccc2cc(Nc3nc(NC4CCCCC4N)c(F)cc3C(N)=O)cnc21. The minimum atomic E-state index is -0.770. The van der Waals surface area contributed by atoms with Crippen LogP contribution in [0.3, 0.4) is 0 Å². The fraction of sp³-hybridized carbons (Fsp3) is 0.350. The highest BCUT2D eigenvalue weighted by Gasteiger charge is 2.24. The highest BCUT2D eigenvalue weighted by Crippen LogP contribution is 2.27. The van der Waals surface area contributed by atoms with Crippen LogP contribution < -0.4 is 22.1 Å². The normalized spacial score (nSPS) is 19.3. The molecule has 2 unspecified atom stereocenters. The Morgan fingerprint density at radius 3 is 2.83 bits per heavy atom. The minimum absolute atomic E-state index is 0.0332. The van der Waals surface area contributed by atoms with E-state index < -0.39 is 11.7 Å². The van der Waals surface area contributed by atoms with E-state index in [1.54, 1.807) is 6.20 Å². The summed E-state index contributed by atoms with van der Waals surface area (Å²) in [4.78, 5) is 20.6. The number of nitrogens with one attached hydrogen (secondary N) is 2. The summed E-state index contributed by atoms with van der Waals surface area (Å²) in [5, 5.41) is 7.07. The molecule has 4 rings (SSSR count). The molecular weight excluding hydrogens is 373 g/mol. The summed E-state index contributed by atoms with van der Waals surface area (Å²) in [5.74, 6) is -1.19. The maximum absolute atomic E-state index is 14.6. The summed E-state index contributed by atoms with van der Waals surface area (Å²) < 4.78 is 16.5. The third-order valence-corrected chi connectivity index (χ3v) is 5.35. The van der Waals surface area contributed by atoms with Crippen LogP contribution >= 0.6 is 0 Å². The summed E-state index contributed by atoms with van der Waals surface area (Å²) in [6.45, 7) is 0. The lowest BCUT2D eigenvalue weighted by molar-refractivity contribution is 0.100. The predicted molar refractivity (Wildman–Crippen MR) is 111 cm³/mol. The van der Waals surface area contributed by atoms with E-state index in [1.165, 1.54) is 0 Å². The molecule has 3 heterocycles. The number of primary amides is 1. The van der Waals surface area contributed by atoms with Gasteiger partial charge in [0.25, 0.3) is 5.91 Å². The molecule has 2 atom stereocenters. The Morgan fingerprint density at radius 1 is 1.28 bits per heavy atom. The Morgan fingerprint density at radius 2 is 2.07 bits per heavy atom. The van der Waals surface area contributed by atoms with Gasteiger partial charge in [-0.2, -0.15) is 0 Å². The minimum Gasteiger partial charge on any atom is -0.365 e. The Hall–Kier alpha value is -3.20. The first-order valence-corrected chi connectivity index (χ1v) is 9.63. The number of halogens is 1. The maximum Gasteiger partial charge on any atom is 0.252 e. The van der Waals surface area contributed by atoms with E-state index in [0.29, 0.717) is 5.69 Å². The number of anilines is 3. The lowest BCUT2D eigenvalue weighted by Gasteiger charge is -2.30. The fourth-order valence-electron chi connectivity index (χ4n) is 3.75. The highest BCUT2D eigenvalue weighted by atomic mass is 19.1. The van der Waals surface area contributed by atoms with Crippen LogP contribution in [0.2, 0.25) is 0 Å². The molecule has 3 aromatic heterocycles. The first kappa shape index (κ1) is 19.1. The third kappa shape index (κ3) is 3.86. The molecule has 0 saturated heterocycles. The van der Waals surface area contributed by atoms with Gasteiger partial charge in [-0.3, -0.25) is 4.79 Å². The number of fused-ring (bicyclic) bond motifs is 1. The average molecular weight is 397 g/mol. The molecule has 152 valence electrons. The molecule has 1 fully saturated rings. The third-order valence-electron chi connectivity index (χ3n) is 5.35. The maximum atomic E-state index is 14.6. The van der Waals surface area contributed by atoms with Gasteiger partial charge in [0, 0.05) is 30.7 Å². The van der Waals surface area contributed by atoms with Gasteiger partial charge in [-0.05, 0) is 31.0 Å². The van der Waals surface area contributed by atoms with E-state index >= 15 is 0 Å². The topological polar surface area (TPSA) is 124 Å². The molecule has 3 aromatic rings. The second kappa shape index (κ2) is 7.67. The summed E-state index contributed by atoms with van der Waals surface area (Å²) >= 11 is 0. The summed E-state index contributed by atoms with van der Waals surface area (Å²) in [7, 11) is 1.91. The van der Waals surface area contributed by atoms with Gasteiger partial charge in [-0.1, -0.05) is 12.8 Å². The molecule has 0 radical (unpaired) electrons. The van der Waals surface area contributed by atoms with Crippen LogP contribution in [-0.4, -0.2) is 32.5 Å². The fourth-order valence-corrected chi connectivity index (χ4v) is 3.75. The van der Waals surface area contributed by atoms with Crippen LogP contribution in [0, 0.1) is 5.82 Å². The van der Waals surface area contributed by atoms with Crippen molar-refractivity contribution in [3.05, 3.63) is 42.0 Å². The monoisotopic (exact) mass is 397 g/mol. The quantitative estimate of drug-likeness (QED) is 0.525. The van der Waals surface area contributed by atoms with Crippen LogP contribution in [0.1, 0.15) is 36.0 Å². The summed E-state index contributed by atoms with van der Waals surface area (Å²) in [6.07, 6.45) is 7.35. The van der Waals surface area contributed by atoms with E-state index in [1.807, 2.05) is 29.9 Å². The number of aryl methyl sites for hydroxylation is 1. The number of nitrogens with zero attached hydrogens (tertiary/aromatic N) is 3. The molecule has 1 amide bonds. The van der Waals surface area contributed by atoms with Gasteiger partial charge in [0.15, 0.2) is 11.6 Å². The first-order valence-electron chi connectivity index (χ1n) is 9.63. The number of carbonyl (C=O) groups excluding carboxylic acids is 1. The molecule has 0 aliphatic heterocycles. The molecule has 0 bridgehead atoms. The van der Waals surface area contributed by atoms with E-state index in [4.69, 9.17) is 11.5 Å². The van der Waals surface area contributed by atoms with Crippen molar-refractivity contribution in [1.82, 2.24) is 14.5 Å². The average Bonchev–Trinajstić information content (AvgIpc) is 3.06. The number of hydrogen-bond acceptors (Lipinski definition) is 6. The van der Waals surface area contributed by atoms with Crippen LogP contribution in [0.4, 0.5) is 21.7 Å². The van der Waals surface area contributed by atoms with E-state index in [0.717, 1.165) is 42.8 Å². The van der Waals surface area contributed by atoms with Gasteiger partial charge < -0.3 is 26.7 Å². The Balaban J connectivity index is 1.67. The zero-order chi connectivity index (χ0) is 20.5. The van der Waals surface area contributed by atoms with E-state index in [2.05, 4.69) is 20.6 Å². The molecule has 1 saturated carbocycles. The van der Waals surface area contributed by atoms with Crippen molar-refractivity contribution in [3.63, 3.8) is 0 Å². The zero-order valence-corrected chi connectivity index (χ0v) is 16.2. The molecule has 0 aromatic carbocycles. The van der Waals surface area contributed by atoms with Gasteiger partial charge in [0.2, 0.25) is 0 Å². The van der Waals surface area contributed by atoms with Crippen LogP contribution in [0.5, 0.6) is 0 Å². The molecule has 8 nitrogen and oxygen atoms in total. The Kier molecular flexibility index (Phi) is 5.06. The molecular formula is C20H24FN7O. The number of carbonyl (C=O) groups is 1. The number of rotatable bonds is 5. The second-order valence-corrected chi connectivity index (χ2v) is 7.47. The number of hydrogen-bond donors (Lipinski definition) is 4. The van der Waals surface area contributed by atoms with Crippen LogP contribution in [0.25, 0.3) is 11.0 Å². The number of pyridine rings is 2. The second-order valence-electron chi connectivity index (χ2n) is 7.47. The first-order chi connectivity index (χ1) is 13.9. The number of aromatic nitrogens is 3. The van der Waals surface area contributed by atoms with Crippen LogP contribution in [-0.2, 0) is 7.05 Å². The summed E-state index contributed by atoms with van der Waals surface area (Å²) in [5.41, 5.74) is 13.0. The van der Waals surface area contributed by atoms with Gasteiger partial charge >= 0.3 is 0 Å². The molecule has 1 aliphatic rings. The predicted octanol–water partition coefficient (Wildman–Crippen LogP) is 2.63. The smallest absolute Gasteiger partial charge is 0.252 e. The van der Waals surface area contributed by atoms with Gasteiger partial charge in [-0.25, -0.2) is 14.4 Å². The lowest BCUT2D eigenvalue weighted by Crippen LogP contribution is -2.43. The van der Waals surface area contributed by atoms with Crippen molar-refractivity contribution >= 4 is 34.3 Å². The van der Waals surface area contributed by atoms with Crippen molar-refractivity contribution < 1.29 is 9.18 Å². The molecule has 9 heteroatoms. The molecule has 29 heavy (non-hydrogen) atoms. The highest BCUT2D eigenvalue weighted by molar-refractivity contribution is 5.98. The van der Waals surface area contributed by atoms with Crippen molar-refractivity contribution in [3.8, 4) is 0 Å².